The number of hydrogen-bond donors (Lipinski definition) is 1. The molecule has 2 rings (SSSR count). The Balaban J connectivity index is 2.80. The second-order valence-corrected chi connectivity index (χ2v) is 3.11. The first kappa shape index (κ1) is 7.35. The summed E-state index contributed by atoms with van der Waals surface area (Å²) in [6, 6.07) is 4.36. The lowest BCUT2D eigenvalue weighted by Crippen LogP contribution is -1.84. The van der Waals surface area contributed by atoms with Crippen molar-refractivity contribution in [1.29, 1.82) is 0 Å². The maximum atomic E-state index is 4.03. The Kier molecular flexibility index (Phi) is 1.61. The normalized spacial score (nSPS) is 10.8. The highest BCUT2D eigenvalue weighted by molar-refractivity contribution is 5.82. The number of fused-ring (bicyclic) bond motifs is 1. The van der Waals surface area contributed by atoms with Gasteiger partial charge in [-0.1, -0.05) is 18.6 Å². The highest BCUT2D eigenvalue weighted by atomic mass is 15.1. The van der Waals surface area contributed by atoms with Crippen LogP contribution in [0.2, 0.25) is 0 Å². The molecule has 0 aliphatic carbocycles. The number of rotatable bonds is 1. The number of aromatic amines is 1. The second kappa shape index (κ2) is 2.63. The van der Waals surface area contributed by atoms with Crippen molar-refractivity contribution in [1.82, 2.24) is 10.2 Å². The van der Waals surface area contributed by atoms with Gasteiger partial charge in [-0.25, -0.2) is 0 Å². The largest absolute Gasteiger partial charge is 0.278 e. The number of hydrogen-bond acceptors (Lipinski definition) is 1. The van der Waals surface area contributed by atoms with Crippen molar-refractivity contribution in [2.24, 2.45) is 0 Å². The first-order chi connectivity index (χ1) is 5.81. The molecule has 0 atom stereocenters. The van der Waals surface area contributed by atoms with E-state index in [1.54, 1.807) is 0 Å². The Morgan fingerprint density at radius 3 is 3.00 bits per heavy atom. The van der Waals surface area contributed by atoms with Crippen molar-refractivity contribution in [3.05, 3.63) is 29.5 Å². The molecule has 0 aliphatic heterocycles. The molecular formula is C10H12N2. The SMILES string of the molecule is CCc1cc(C)cc2cn[nH]c12. The molecule has 12 heavy (non-hydrogen) atoms. The van der Waals surface area contributed by atoms with Crippen LogP contribution in [0, 0.1) is 6.92 Å². The van der Waals surface area contributed by atoms with E-state index in [0.29, 0.717) is 0 Å². The van der Waals surface area contributed by atoms with Crippen LogP contribution in [0.25, 0.3) is 10.9 Å². The number of nitrogens with one attached hydrogen (secondary N) is 1. The minimum absolute atomic E-state index is 1.06. The van der Waals surface area contributed by atoms with E-state index in [-0.39, 0.29) is 0 Å². The molecule has 2 nitrogen and oxygen atoms in total. The maximum Gasteiger partial charge on any atom is 0.0682 e. The number of benzene rings is 1. The van der Waals surface area contributed by atoms with Crippen LogP contribution in [0.3, 0.4) is 0 Å². The average Bonchev–Trinajstić information content (AvgIpc) is 2.50. The smallest absolute Gasteiger partial charge is 0.0682 e. The molecular weight excluding hydrogens is 148 g/mol. The number of aromatic nitrogens is 2. The number of nitrogens with zero attached hydrogens (tertiary/aromatic N) is 1. The predicted molar refractivity (Wildman–Crippen MR) is 50.2 cm³/mol. The summed E-state index contributed by atoms with van der Waals surface area (Å²) in [4.78, 5) is 0. The van der Waals surface area contributed by atoms with Crippen molar-refractivity contribution in [3.8, 4) is 0 Å². The summed E-state index contributed by atoms with van der Waals surface area (Å²) in [6.07, 6.45) is 2.93. The molecule has 0 aliphatic rings. The summed E-state index contributed by atoms with van der Waals surface area (Å²) in [7, 11) is 0. The molecule has 1 heterocycles. The molecule has 1 aromatic heterocycles. The summed E-state index contributed by atoms with van der Waals surface area (Å²) >= 11 is 0. The van der Waals surface area contributed by atoms with E-state index >= 15 is 0 Å². The van der Waals surface area contributed by atoms with Crippen LogP contribution in [0.1, 0.15) is 18.1 Å². The van der Waals surface area contributed by atoms with Crippen molar-refractivity contribution >= 4 is 10.9 Å². The molecule has 0 fully saturated rings. The number of H-pyrrole nitrogens is 1. The summed E-state index contributed by atoms with van der Waals surface area (Å²) in [6.45, 7) is 4.28. The fraction of sp³-hybridized carbons (Fsp3) is 0.300. The van der Waals surface area contributed by atoms with E-state index in [0.717, 1.165) is 6.42 Å². The van der Waals surface area contributed by atoms with Gasteiger partial charge in [-0.05, 0) is 25.0 Å². The molecule has 0 saturated carbocycles. The summed E-state index contributed by atoms with van der Waals surface area (Å²) < 4.78 is 0. The predicted octanol–water partition coefficient (Wildman–Crippen LogP) is 2.43. The lowest BCUT2D eigenvalue weighted by atomic mass is 10.1. The summed E-state index contributed by atoms with van der Waals surface area (Å²) in [5, 5.41) is 8.26. The molecule has 0 radical (unpaired) electrons. The molecule has 0 bridgehead atoms. The molecule has 62 valence electrons. The Morgan fingerprint density at radius 1 is 1.42 bits per heavy atom. The molecule has 0 spiro atoms. The molecule has 0 saturated heterocycles. The number of aryl methyl sites for hydroxylation is 2. The van der Waals surface area contributed by atoms with E-state index in [4.69, 9.17) is 0 Å². The van der Waals surface area contributed by atoms with E-state index in [1.807, 2.05) is 6.20 Å². The highest BCUT2D eigenvalue weighted by Crippen LogP contribution is 2.18. The first-order valence-corrected chi connectivity index (χ1v) is 4.24. The third-order valence-electron chi connectivity index (χ3n) is 2.16. The van der Waals surface area contributed by atoms with Crippen molar-refractivity contribution in [2.75, 3.05) is 0 Å². The van der Waals surface area contributed by atoms with E-state index in [2.05, 4.69) is 36.2 Å². The van der Waals surface area contributed by atoms with Crippen LogP contribution >= 0.6 is 0 Å². The van der Waals surface area contributed by atoms with Gasteiger partial charge in [-0.2, -0.15) is 5.10 Å². The van der Waals surface area contributed by atoms with E-state index < -0.39 is 0 Å². The molecule has 0 amide bonds. The molecule has 1 aromatic carbocycles. The quantitative estimate of drug-likeness (QED) is 0.682. The fourth-order valence-electron chi connectivity index (χ4n) is 1.57. The minimum atomic E-state index is 1.06. The van der Waals surface area contributed by atoms with E-state index in [1.165, 1.54) is 22.0 Å². The zero-order valence-corrected chi connectivity index (χ0v) is 7.39. The summed E-state index contributed by atoms with van der Waals surface area (Å²) in [5.41, 5.74) is 3.84. The Hall–Kier alpha value is -1.31. The van der Waals surface area contributed by atoms with Gasteiger partial charge < -0.3 is 0 Å². The van der Waals surface area contributed by atoms with Gasteiger partial charge in [0, 0.05) is 5.39 Å². The van der Waals surface area contributed by atoms with Crippen LogP contribution in [0.4, 0.5) is 0 Å². The van der Waals surface area contributed by atoms with Gasteiger partial charge in [0.2, 0.25) is 0 Å². The molecule has 2 heteroatoms. The van der Waals surface area contributed by atoms with Crippen LogP contribution in [0.15, 0.2) is 18.3 Å². The summed E-state index contributed by atoms with van der Waals surface area (Å²) in [5.74, 6) is 0. The lowest BCUT2D eigenvalue weighted by Gasteiger charge is -2.00. The van der Waals surface area contributed by atoms with Gasteiger partial charge in [-0.3, -0.25) is 5.10 Å². The zero-order chi connectivity index (χ0) is 8.55. The maximum absolute atomic E-state index is 4.03. The zero-order valence-electron chi connectivity index (χ0n) is 7.39. The monoisotopic (exact) mass is 160 g/mol. The Bertz CT molecular complexity index is 401. The van der Waals surface area contributed by atoms with Crippen LogP contribution in [0.5, 0.6) is 0 Å². The van der Waals surface area contributed by atoms with Crippen LogP contribution in [-0.2, 0) is 6.42 Å². The van der Waals surface area contributed by atoms with Gasteiger partial charge in [0.05, 0.1) is 11.7 Å². The second-order valence-electron chi connectivity index (χ2n) is 3.11. The van der Waals surface area contributed by atoms with Gasteiger partial charge in [0.1, 0.15) is 0 Å². The molecule has 1 N–H and O–H groups in total. The van der Waals surface area contributed by atoms with E-state index in [9.17, 15) is 0 Å². The molecule has 0 unspecified atom stereocenters. The standard InChI is InChI=1S/C10H12N2/c1-3-8-4-7(2)5-9-6-11-12-10(8)9/h4-6H,3H2,1-2H3,(H,11,12). The van der Waals surface area contributed by atoms with Crippen LogP contribution < -0.4 is 0 Å². The highest BCUT2D eigenvalue weighted by Gasteiger charge is 2.01. The first-order valence-electron chi connectivity index (χ1n) is 4.24. The van der Waals surface area contributed by atoms with Crippen molar-refractivity contribution in [2.45, 2.75) is 20.3 Å². The van der Waals surface area contributed by atoms with Gasteiger partial charge in [-0.15, -0.1) is 0 Å². The third kappa shape index (κ3) is 0.998. The Morgan fingerprint density at radius 2 is 2.25 bits per heavy atom. The van der Waals surface area contributed by atoms with Crippen molar-refractivity contribution in [3.63, 3.8) is 0 Å². The average molecular weight is 160 g/mol. The van der Waals surface area contributed by atoms with Crippen molar-refractivity contribution < 1.29 is 0 Å². The fourth-order valence-corrected chi connectivity index (χ4v) is 1.57. The van der Waals surface area contributed by atoms with Crippen LogP contribution in [-0.4, -0.2) is 10.2 Å². The lowest BCUT2D eigenvalue weighted by molar-refractivity contribution is 1.09. The topological polar surface area (TPSA) is 28.7 Å². The van der Waals surface area contributed by atoms with Gasteiger partial charge in [0.25, 0.3) is 0 Å². The minimum Gasteiger partial charge on any atom is -0.278 e. The third-order valence-corrected chi connectivity index (χ3v) is 2.16. The van der Waals surface area contributed by atoms with Gasteiger partial charge >= 0.3 is 0 Å². The van der Waals surface area contributed by atoms with Gasteiger partial charge in [0.15, 0.2) is 0 Å². The Labute approximate surface area is 71.6 Å². The molecule has 2 aromatic rings.